The van der Waals surface area contributed by atoms with E-state index in [-0.39, 0.29) is 11.7 Å². The molecule has 0 bridgehead atoms. The molecule has 24 heavy (non-hydrogen) atoms. The molecule has 0 fully saturated rings. The van der Waals surface area contributed by atoms with Crippen molar-refractivity contribution >= 4 is 11.7 Å². The molecule has 0 saturated carbocycles. The number of ketones is 1. The Balaban J connectivity index is 1.94. The summed E-state index contributed by atoms with van der Waals surface area (Å²) in [7, 11) is 0. The third-order valence-electron chi connectivity index (χ3n) is 4.58. The average molecular weight is 330 g/mol. The van der Waals surface area contributed by atoms with Crippen LogP contribution in [0.25, 0.3) is 0 Å². The lowest BCUT2D eigenvalue weighted by Gasteiger charge is -2.21. The minimum atomic E-state index is 0.0799. The Kier molecular flexibility index (Phi) is 7.44. The third-order valence-corrected chi connectivity index (χ3v) is 4.58. The third kappa shape index (κ3) is 5.17. The van der Waals surface area contributed by atoms with Gasteiger partial charge in [-0.15, -0.1) is 0 Å². The highest BCUT2D eigenvalue weighted by molar-refractivity contribution is 5.98. The highest BCUT2D eigenvalue weighted by Crippen LogP contribution is 2.17. The molecule has 0 radical (unpaired) electrons. The molecule has 1 aromatic rings. The van der Waals surface area contributed by atoms with Crippen LogP contribution in [0.3, 0.4) is 0 Å². The van der Waals surface area contributed by atoms with Crippen LogP contribution in [0.4, 0.5) is 0 Å². The molecule has 0 atom stereocenters. The summed E-state index contributed by atoms with van der Waals surface area (Å²) in [5.74, 6) is 0.183. The summed E-state index contributed by atoms with van der Waals surface area (Å²) in [4.78, 5) is 26.7. The lowest BCUT2D eigenvalue weighted by Crippen LogP contribution is -2.32. The molecule has 4 nitrogen and oxygen atoms in total. The Morgan fingerprint density at radius 2 is 1.67 bits per heavy atom. The number of benzene rings is 1. The zero-order valence-electron chi connectivity index (χ0n) is 15.1. The minimum Gasteiger partial charge on any atom is -0.343 e. The summed E-state index contributed by atoms with van der Waals surface area (Å²) in [5, 5.41) is 3.38. The lowest BCUT2D eigenvalue weighted by molar-refractivity contribution is -0.131. The van der Waals surface area contributed by atoms with Crippen molar-refractivity contribution in [1.82, 2.24) is 10.2 Å². The highest BCUT2D eigenvalue weighted by atomic mass is 16.2. The Bertz CT molecular complexity index is 563. The second-order valence-corrected chi connectivity index (χ2v) is 6.54. The molecule has 0 saturated heterocycles. The number of carbonyl (C=O) groups is 2. The zero-order valence-corrected chi connectivity index (χ0v) is 15.1. The van der Waals surface area contributed by atoms with Crippen molar-refractivity contribution < 1.29 is 9.59 Å². The Labute approximate surface area is 145 Å². The first-order valence-corrected chi connectivity index (χ1v) is 9.29. The van der Waals surface area contributed by atoms with Crippen LogP contribution in [0.1, 0.15) is 61.0 Å². The summed E-state index contributed by atoms with van der Waals surface area (Å²) in [5.41, 5.74) is 3.36. The molecule has 1 aliphatic heterocycles. The fourth-order valence-electron chi connectivity index (χ4n) is 3.27. The van der Waals surface area contributed by atoms with Crippen molar-refractivity contribution in [3.05, 3.63) is 34.9 Å². The van der Waals surface area contributed by atoms with Crippen LogP contribution in [-0.4, -0.2) is 42.8 Å². The minimum absolute atomic E-state index is 0.0799. The maximum Gasteiger partial charge on any atom is 0.223 e. The fourth-order valence-corrected chi connectivity index (χ4v) is 3.27. The van der Waals surface area contributed by atoms with Gasteiger partial charge < -0.3 is 10.2 Å². The second kappa shape index (κ2) is 9.58. The summed E-state index contributed by atoms with van der Waals surface area (Å²) in [6.45, 7) is 7.68. The van der Waals surface area contributed by atoms with E-state index in [1.54, 1.807) is 0 Å². The number of amides is 1. The van der Waals surface area contributed by atoms with Crippen LogP contribution in [-0.2, 0) is 17.6 Å². The molecule has 0 unspecified atom stereocenters. The van der Waals surface area contributed by atoms with Crippen molar-refractivity contribution in [3.63, 3.8) is 0 Å². The number of carbonyl (C=O) groups excluding carboxylic acids is 2. The standard InChI is InChI=1S/C20H30N2O2/c1-3-13-22(14-4-2)20(24)8-7-19(23)18-6-5-16-9-11-21-12-10-17(16)15-18/h5-6,15,21H,3-4,7-14H2,1-2H3. The van der Waals surface area contributed by atoms with Crippen molar-refractivity contribution in [2.24, 2.45) is 0 Å². The lowest BCUT2D eigenvalue weighted by atomic mass is 9.97. The molecule has 132 valence electrons. The van der Waals surface area contributed by atoms with Gasteiger partial charge in [0.2, 0.25) is 5.91 Å². The Morgan fingerprint density at radius 3 is 2.33 bits per heavy atom. The van der Waals surface area contributed by atoms with Gasteiger partial charge >= 0.3 is 0 Å². The average Bonchev–Trinajstić information content (AvgIpc) is 2.83. The van der Waals surface area contributed by atoms with E-state index in [4.69, 9.17) is 0 Å². The molecule has 1 N–H and O–H groups in total. The number of rotatable bonds is 8. The van der Waals surface area contributed by atoms with Gasteiger partial charge in [0, 0.05) is 31.5 Å². The van der Waals surface area contributed by atoms with Gasteiger partial charge in [-0.25, -0.2) is 0 Å². The van der Waals surface area contributed by atoms with Crippen molar-refractivity contribution in [3.8, 4) is 0 Å². The number of hydrogen-bond donors (Lipinski definition) is 1. The van der Waals surface area contributed by atoms with E-state index in [9.17, 15) is 9.59 Å². The molecule has 1 aliphatic rings. The quantitative estimate of drug-likeness (QED) is 0.746. The molecule has 1 aromatic carbocycles. The van der Waals surface area contributed by atoms with E-state index >= 15 is 0 Å². The van der Waals surface area contributed by atoms with Gasteiger partial charge in [0.05, 0.1) is 0 Å². The molecule has 1 heterocycles. The van der Waals surface area contributed by atoms with Crippen LogP contribution < -0.4 is 5.32 Å². The van der Waals surface area contributed by atoms with Crippen LogP contribution in [0.2, 0.25) is 0 Å². The molecule has 2 rings (SSSR count). The van der Waals surface area contributed by atoms with E-state index in [0.29, 0.717) is 12.8 Å². The maximum atomic E-state index is 12.5. The first kappa shape index (κ1) is 18.7. The SMILES string of the molecule is CCCN(CCC)C(=O)CCC(=O)c1ccc2c(c1)CCNCC2. The van der Waals surface area contributed by atoms with Crippen LogP contribution in [0.15, 0.2) is 18.2 Å². The number of Topliss-reactive ketones (excluding diaryl/α,β-unsaturated/α-hetero) is 1. The molecule has 4 heteroatoms. The van der Waals surface area contributed by atoms with Gasteiger partial charge in [0.25, 0.3) is 0 Å². The number of hydrogen-bond acceptors (Lipinski definition) is 3. The number of nitrogens with one attached hydrogen (secondary N) is 1. The van der Waals surface area contributed by atoms with Gasteiger partial charge in [-0.1, -0.05) is 26.0 Å². The maximum absolute atomic E-state index is 12.5. The Morgan fingerprint density at radius 1 is 1.00 bits per heavy atom. The van der Waals surface area contributed by atoms with Gasteiger partial charge in [-0.05, 0) is 56.0 Å². The highest BCUT2D eigenvalue weighted by Gasteiger charge is 2.16. The molecule has 0 aliphatic carbocycles. The van der Waals surface area contributed by atoms with Gasteiger partial charge in [-0.2, -0.15) is 0 Å². The van der Waals surface area contributed by atoms with E-state index in [0.717, 1.165) is 57.4 Å². The van der Waals surface area contributed by atoms with Crippen molar-refractivity contribution in [1.29, 1.82) is 0 Å². The van der Waals surface area contributed by atoms with Gasteiger partial charge in [0.15, 0.2) is 5.78 Å². The van der Waals surface area contributed by atoms with Crippen molar-refractivity contribution in [2.75, 3.05) is 26.2 Å². The summed E-state index contributed by atoms with van der Waals surface area (Å²) < 4.78 is 0. The summed E-state index contributed by atoms with van der Waals surface area (Å²) in [6.07, 6.45) is 4.52. The second-order valence-electron chi connectivity index (χ2n) is 6.54. The molecule has 0 spiro atoms. The fraction of sp³-hybridized carbons (Fsp3) is 0.600. The Hall–Kier alpha value is -1.68. The predicted octanol–water partition coefficient (Wildman–Crippen LogP) is 2.99. The molecule has 1 amide bonds. The van der Waals surface area contributed by atoms with Crippen LogP contribution in [0, 0.1) is 0 Å². The van der Waals surface area contributed by atoms with E-state index < -0.39 is 0 Å². The normalized spacial score (nSPS) is 13.9. The van der Waals surface area contributed by atoms with E-state index in [2.05, 4.69) is 25.2 Å². The molecule has 0 aromatic heterocycles. The monoisotopic (exact) mass is 330 g/mol. The first-order chi connectivity index (χ1) is 11.7. The number of nitrogens with zero attached hydrogens (tertiary/aromatic N) is 1. The van der Waals surface area contributed by atoms with Crippen LogP contribution in [0.5, 0.6) is 0 Å². The van der Waals surface area contributed by atoms with E-state index in [1.165, 1.54) is 11.1 Å². The topological polar surface area (TPSA) is 49.4 Å². The van der Waals surface area contributed by atoms with Gasteiger partial charge in [-0.3, -0.25) is 9.59 Å². The smallest absolute Gasteiger partial charge is 0.223 e. The zero-order chi connectivity index (χ0) is 17.4. The molecular formula is C20H30N2O2. The summed E-state index contributed by atoms with van der Waals surface area (Å²) in [6, 6.07) is 6.04. The van der Waals surface area contributed by atoms with Crippen LogP contribution >= 0.6 is 0 Å². The molecular weight excluding hydrogens is 300 g/mol. The van der Waals surface area contributed by atoms with Crippen molar-refractivity contribution in [2.45, 2.75) is 52.4 Å². The predicted molar refractivity (Wildman–Crippen MR) is 97.4 cm³/mol. The summed E-state index contributed by atoms with van der Waals surface area (Å²) >= 11 is 0. The van der Waals surface area contributed by atoms with Gasteiger partial charge in [0.1, 0.15) is 0 Å². The first-order valence-electron chi connectivity index (χ1n) is 9.29. The largest absolute Gasteiger partial charge is 0.343 e. The van der Waals surface area contributed by atoms with E-state index in [1.807, 2.05) is 17.0 Å². The number of fused-ring (bicyclic) bond motifs is 1.